The van der Waals surface area contributed by atoms with Gasteiger partial charge in [0, 0.05) is 117 Å². The number of amides is 6. The number of imide groups is 1. The minimum absolute atomic E-state index is 0.0285. The van der Waals surface area contributed by atoms with Crippen LogP contribution in [-0.4, -0.2) is 237 Å². The molecule has 8 atom stereocenters. The van der Waals surface area contributed by atoms with Crippen molar-refractivity contribution in [2.24, 2.45) is 22.2 Å². The number of nitrogens with zero attached hydrogens (tertiary/aromatic N) is 7. The lowest BCUT2D eigenvalue weighted by atomic mass is 9.39. The van der Waals surface area contributed by atoms with Crippen LogP contribution in [0.4, 0.5) is 15.7 Å². The maximum absolute atomic E-state index is 14.3. The minimum atomic E-state index is -4.73. The van der Waals surface area contributed by atoms with E-state index >= 15 is 0 Å². The molecule has 6 amide bonds. The number of thiazole rings is 1. The second kappa shape index (κ2) is 34.9. The number of benzene rings is 3. The van der Waals surface area contributed by atoms with E-state index in [0.29, 0.717) is 78.6 Å². The number of carbonyl (C=O) groups is 8. The molecule has 3 aromatic heterocycles. The molecule has 13 rings (SSSR count). The highest BCUT2D eigenvalue weighted by atomic mass is 32.2. The molecule has 35 heteroatoms. The van der Waals surface area contributed by atoms with Crippen molar-refractivity contribution in [2.45, 2.75) is 154 Å². The van der Waals surface area contributed by atoms with Gasteiger partial charge in [0.25, 0.3) is 27.8 Å². The number of methoxy groups -OCH3 is 2. The zero-order chi connectivity index (χ0) is 80.7. The van der Waals surface area contributed by atoms with Crippen LogP contribution in [0.5, 0.6) is 17.2 Å². The Morgan fingerprint density at radius 2 is 1.55 bits per heavy atom. The summed E-state index contributed by atoms with van der Waals surface area (Å²) in [5, 5.41) is 66.4. The van der Waals surface area contributed by atoms with Gasteiger partial charge in [-0.3, -0.25) is 48.2 Å². The number of fused-ring (bicyclic) bond motifs is 2. The van der Waals surface area contributed by atoms with Crippen molar-refractivity contribution in [3.05, 3.63) is 119 Å². The Balaban J connectivity index is 0.663. The number of aromatic nitrogens is 4. The molecule has 6 aromatic rings. The van der Waals surface area contributed by atoms with Crippen LogP contribution in [0.25, 0.3) is 21.3 Å². The largest absolute Gasteiger partial charge is 0.496 e. The van der Waals surface area contributed by atoms with Crippen molar-refractivity contribution >= 4 is 90.2 Å². The van der Waals surface area contributed by atoms with Gasteiger partial charge in [-0.05, 0) is 135 Å². The van der Waals surface area contributed by atoms with Gasteiger partial charge in [-0.15, -0.1) is 0 Å². The molecular formula is C78H96N10O23S2. The molecule has 33 nitrogen and oxygen atoms in total. The molecule has 0 saturated heterocycles. The average Bonchev–Trinajstić information content (AvgIpc) is 1.34. The summed E-state index contributed by atoms with van der Waals surface area (Å²) in [4.78, 5) is 117. The lowest BCUT2D eigenvalue weighted by molar-refractivity contribution is -0.248. The van der Waals surface area contributed by atoms with E-state index in [1.165, 1.54) is 41.5 Å². The highest BCUT2D eigenvalue weighted by molar-refractivity contribution is 7.85. The third kappa shape index (κ3) is 19.6. The Kier molecular flexibility index (Phi) is 25.6. The van der Waals surface area contributed by atoms with E-state index in [1.807, 2.05) is 46.8 Å². The number of aromatic carboxylic acids is 1. The van der Waals surface area contributed by atoms with Gasteiger partial charge in [0.2, 0.25) is 11.8 Å². The fourth-order valence-corrected chi connectivity index (χ4v) is 19.6. The topological polar surface area (TPSA) is 446 Å². The van der Waals surface area contributed by atoms with Crippen LogP contribution < -0.4 is 35.1 Å². The van der Waals surface area contributed by atoms with Crippen LogP contribution in [0.2, 0.25) is 0 Å². The molecule has 2 unspecified atom stereocenters. The number of ether oxygens (including phenoxy) is 7. The predicted molar refractivity (Wildman–Crippen MR) is 408 cm³/mol. The first-order chi connectivity index (χ1) is 53.9. The van der Waals surface area contributed by atoms with Crippen molar-refractivity contribution in [3.63, 3.8) is 0 Å². The van der Waals surface area contributed by atoms with E-state index in [4.69, 9.17) is 43.2 Å². The summed E-state index contributed by atoms with van der Waals surface area (Å²) in [5.41, 5.74) is 3.72. The van der Waals surface area contributed by atoms with Gasteiger partial charge in [0.15, 0.2) is 10.8 Å². The Morgan fingerprint density at radius 1 is 0.796 bits per heavy atom. The molecule has 2 aliphatic heterocycles. The minimum Gasteiger partial charge on any atom is -0.496 e. The number of carboxylic acid groups (broad SMARTS) is 2. The van der Waals surface area contributed by atoms with Crippen LogP contribution in [-0.2, 0) is 79.2 Å². The molecule has 5 saturated carbocycles. The van der Waals surface area contributed by atoms with Gasteiger partial charge in [0.1, 0.15) is 66.4 Å². The average molecular weight is 1610 g/mol. The molecule has 0 spiro atoms. The molecule has 5 fully saturated rings. The number of unbranched alkanes of at least 4 members (excludes halogenated alkanes) is 2. The number of carboxylic acids is 2. The standard InChI is InChI=1S/C78H96N10O23S2/c1-46-53(50-17-19-61(83-65(50)72(99)100)86-25-22-49-54(36-86)51(16-18-57(49)106-5)69(95)84-73-82-55-11-8-9-12-60(55)112-73)35-80-88(46)45-77-40-75(2)39-76(3,41-77)43-78(42-75,44-77)110-30-27-85(26-29-105-4)74(101)109-37-47-14-15-48(33-58(47)111-59-34-52(71(97)98)66(92)68(94)67(59)93)108-32-31-107-28-23-79-70(96)56(38-113(102,103)104)81-62(89)13-7-6-10-24-87-63(90)20-21-64(87)91/h8-9,11-12,14-21,33,35,52,56,59,66-68,92-94H,6-7,10,13,22-32,34,36-45H2,1-5H3,(H,79,96)(H,81,89)(H,97,98)(H,99,100)(H,82,84,95)(H,102,103,104)/t52-,56-,59+,66+,67-,68-,75?,76?,77?,78?/m0/s1. The Morgan fingerprint density at radius 3 is 2.27 bits per heavy atom. The first-order valence-electron chi connectivity index (χ1n) is 37.6. The first kappa shape index (κ1) is 82.7. The normalized spacial score (nSPS) is 23.9. The molecule has 5 aliphatic carbocycles. The SMILES string of the molecule is COCCN(CCOC12CC3(C)CC(C)(CC(Cn4ncc(-c5ccc(N6CCc7c(OC)ccc(C(=O)Nc8nc9ccccc9s8)c7C6)nc5C(=O)O)c4C)(C3)C1)C2)C(=O)OCc1ccc(OCCOCCNC(=O)[C@H](CS(=O)(=O)O)NC(=O)CCCCCN2C(=O)C=CC2=O)cc1O[C@@H]1C[C@H](C(=O)O)[C@@H](O)[C@H](O)[C@H]1O. The van der Waals surface area contributed by atoms with Gasteiger partial charge in [-0.2, -0.15) is 13.5 Å². The molecule has 7 aliphatic rings. The molecule has 9 N–H and O–H groups in total. The number of rotatable bonds is 37. The summed E-state index contributed by atoms with van der Waals surface area (Å²) in [7, 11) is -1.64. The molecule has 3 aromatic carbocycles. The number of nitrogens with one attached hydrogen (secondary N) is 3. The van der Waals surface area contributed by atoms with Crippen molar-refractivity contribution in [1.82, 2.24) is 40.2 Å². The first-order valence-corrected chi connectivity index (χ1v) is 40.0. The summed E-state index contributed by atoms with van der Waals surface area (Å²) in [6, 6.07) is 17.6. The summed E-state index contributed by atoms with van der Waals surface area (Å²) in [6.07, 6.45) is 2.66. The second-order valence-electron chi connectivity index (χ2n) is 31.0. The lowest BCUT2D eigenvalue weighted by Gasteiger charge is -2.69. The number of anilines is 2. The summed E-state index contributed by atoms with van der Waals surface area (Å²) in [6.45, 7) is 7.65. The smallest absolute Gasteiger partial charge is 0.410 e. The number of aliphatic carboxylic acids is 1. The fraction of sp³-hybridized carbons (Fsp3) is 0.526. The van der Waals surface area contributed by atoms with Crippen molar-refractivity contribution in [2.75, 3.05) is 95.9 Å². The third-order valence-electron chi connectivity index (χ3n) is 22.1. The number of aliphatic hydroxyl groups excluding tert-OH is 3. The number of aliphatic hydroxyl groups is 3. The zero-order valence-electron chi connectivity index (χ0n) is 63.5. The number of hydrogen-bond donors (Lipinski definition) is 9. The number of hydrogen-bond acceptors (Lipinski definition) is 25. The van der Waals surface area contributed by atoms with Crippen molar-refractivity contribution in [1.29, 1.82) is 0 Å². The van der Waals surface area contributed by atoms with Gasteiger partial charge < -0.3 is 79.1 Å². The Bertz CT molecular complexity index is 4650. The zero-order valence-corrected chi connectivity index (χ0v) is 65.1. The van der Waals surface area contributed by atoms with E-state index < -0.39 is 113 Å². The molecule has 113 heavy (non-hydrogen) atoms. The third-order valence-corrected chi connectivity index (χ3v) is 23.8. The summed E-state index contributed by atoms with van der Waals surface area (Å²) in [5.74, 6) is -6.84. The quantitative estimate of drug-likeness (QED) is 0.0121. The Hall–Kier alpha value is -9.72. The highest BCUT2D eigenvalue weighted by Gasteiger charge is 2.66. The maximum Gasteiger partial charge on any atom is 0.410 e. The van der Waals surface area contributed by atoms with Gasteiger partial charge in [0.05, 0.1) is 67.6 Å². The maximum atomic E-state index is 14.3. The van der Waals surface area contributed by atoms with Gasteiger partial charge >= 0.3 is 18.0 Å². The monoisotopic (exact) mass is 1600 g/mol. The highest BCUT2D eigenvalue weighted by Crippen LogP contribution is 2.72. The van der Waals surface area contributed by atoms with Crippen molar-refractivity contribution in [3.8, 4) is 28.4 Å². The van der Waals surface area contributed by atoms with Crippen LogP contribution in [0.1, 0.15) is 128 Å². The number of pyridine rings is 1. The van der Waals surface area contributed by atoms with Gasteiger partial charge in [-0.25, -0.2) is 19.6 Å². The van der Waals surface area contributed by atoms with Crippen LogP contribution >= 0.6 is 11.3 Å². The molecular weight excluding hydrogens is 1510 g/mol. The van der Waals surface area contributed by atoms with E-state index in [0.717, 1.165) is 76.2 Å². The molecule has 5 heterocycles. The van der Waals surface area contributed by atoms with Crippen LogP contribution in [0.15, 0.2) is 85.1 Å². The molecule has 0 radical (unpaired) electrons. The lowest BCUT2D eigenvalue weighted by Crippen LogP contribution is -2.64. The second-order valence-corrected chi connectivity index (χ2v) is 33.5. The van der Waals surface area contributed by atoms with E-state index in [-0.39, 0.29) is 117 Å². The van der Waals surface area contributed by atoms with Crippen LogP contribution in [0, 0.1) is 29.1 Å². The van der Waals surface area contributed by atoms with Gasteiger partial charge in [-0.1, -0.05) is 43.7 Å². The molecule has 608 valence electrons. The number of para-hydroxylation sites is 1. The Labute approximate surface area is 656 Å². The summed E-state index contributed by atoms with van der Waals surface area (Å²) < 4.78 is 78.1. The van der Waals surface area contributed by atoms with Crippen molar-refractivity contribution < 1.29 is 110 Å². The molecule has 4 bridgehead atoms. The fourth-order valence-electron chi connectivity index (χ4n) is 18.1. The summed E-state index contributed by atoms with van der Waals surface area (Å²) >= 11 is 1.38. The number of carbonyl (C=O) groups excluding carboxylic acids is 6. The van der Waals surface area contributed by atoms with E-state index in [9.17, 15) is 76.9 Å². The predicted octanol–water partition coefficient (Wildman–Crippen LogP) is 6.11. The van der Waals surface area contributed by atoms with E-state index in [1.54, 1.807) is 31.5 Å². The van der Waals surface area contributed by atoms with Crippen LogP contribution in [0.3, 0.4) is 0 Å². The van der Waals surface area contributed by atoms with E-state index in [2.05, 4.69) is 34.8 Å².